The third-order valence-corrected chi connectivity index (χ3v) is 6.87. The van der Waals surface area contributed by atoms with Crippen molar-refractivity contribution in [3.8, 4) is 0 Å². The van der Waals surface area contributed by atoms with Crippen LogP contribution in [-0.4, -0.2) is 20.5 Å². The van der Waals surface area contributed by atoms with E-state index < -0.39 is 0 Å². The first-order valence-corrected chi connectivity index (χ1v) is 11.7. The van der Waals surface area contributed by atoms with Gasteiger partial charge in [-0.1, -0.05) is 79.7 Å². The predicted octanol–water partition coefficient (Wildman–Crippen LogP) is 5.88. The van der Waals surface area contributed by atoms with Gasteiger partial charge in [0.15, 0.2) is 5.78 Å². The van der Waals surface area contributed by atoms with Gasteiger partial charge in [0.25, 0.3) is 0 Å². The van der Waals surface area contributed by atoms with Crippen LogP contribution in [0.3, 0.4) is 0 Å². The molecule has 1 aromatic heterocycles. The molecule has 5 nitrogen and oxygen atoms in total. The number of hydrogen-bond donors (Lipinski definition) is 1. The van der Waals surface area contributed by atoms with E-state index >= 15 is 0 Å². The van der Waals surface area contributed by atoms with Crippen molar-refractivity contribution >= 4 is 35.1 Å². The normalized spacial score (nSPS) is 19.6. The number of fused-ring (bicyclic) bond motifs is 1. The van der Waals surface area contributed by atoms with Gasteiger partial charge in [-0.25, -0.2) is 4.68 Å². The molecule has 0 radical (unpaired) electrons. The molecule has 0 fully saturated rings. The van der Waals surface area contributed by atoms with Crippen molar-refractivity contribution in [2.24, 2.45) is 5.41 Å². The summed E-state index contributed by atoms with van der Waals surface area (Å²) in [5.74, 6) is 1.63. The Kier molecular flexibility index (Phi) is 5.15. The first kappa shape index (κ1) is 20.3. The number of Topliss-reactive ketones (excluding diaryl/α,β-unsaturated/α-hetero) is 1. The van der Waals surface area contributed by atoms with Crippen molar-refractivity contribution in [1.29, 1.82) is 0 Å². The van der Waals surface area contributed by atoms with Gasteiger partial charge in [0, 0.05) is 28.5 Å². The van der Waals surface area contributed by atoms with Crippen LogP contribution in [0.5, 0.6) is 0 Å². The number of rotatable bonds is 4. The molecule has 2 heterocycles. The zero-order valence-corrected chi connectivity index (χ0v) is 19.0. The van der Waals surface area contributed by atoms with Gasteiger partial charge in [-0.3, -0.25) is 4.79 Å². The highest BCUT2D eigenvalue weighted by molar-refractivity contribution is 7.98. The van der Waals surface area contributed by atoms with E-state index in [1.165, 1.54) is 5.56 Å². The Bertz CT molecular complexity index is 1170. The maximum atomic E-state index is 13.2. The van der Waals surface area contributed by atoms with Crippen molar-refractivity contribution < 1.29 is 4.79 Å². The molecule has 0 saturated carbocycles. The fourth-order valence-electron chi connectivity index (χ4n) is 4.33. The van der Waals surface area contributed by atoms with Gasteiger partial charge in [0.05, 0.1) is 0 Å². The summed E-state index contributed by atoms with van der Waals surface area (Å²) in [5, 5.41) is 9.58. The second-order valence-corrected chi connectivity index (χ2v) is 10.2. The third-order valence-electron chi connectivity index (χ3n) is 5.71. The van der Waals surface area contributed by atoms with E-state index in [2.05, 4.69) is 31.3 Å². The monoisotopic (exact) mass is 450 g/mol. The SMILES string of the molecule is CC1(C)CC(=O)C2=C(C1)Nc1nc(SCc3ccccc3)nn1[C@@H]2c1ccc(Cl)cc1. The highest BCUT2D eigenvalue weighted by Crippen LogP contribution is 2.45. The number of carbonyl (C=O) groups is 1. The third kappa shape index (κ3) is 4.02. The zero-order chi connectivity index (χ0) is 21.6. The van der Waals surface area contributed by atoms with E-state index in [9.17, 15) is 4.79 Å². The van der Waals surface area contributed by atoms with Gasteiger partial charge in [-0.15, -0.1) is 5.10 Å². The molecule has 2 aromatic carbocycles. The number of thioether (sulfide) groups is 1. The molecule has 0 saturated heterocycles. The van der Waals surface area contributed by atoms with Gasteiger partial charge >= 0.3 is 0 Å². The highest BCUT2D eigenvalue weighted by atomic mass is 35.5. The van der Waals surface area contributed by atoms with Crippen LogP contribution >= 0.6 is 23.4 Å². The molecule has 158 valence electrons. The number of hydrogen-bond acceptors (Lipinski definition) is 5. The Hall–Kier alpha value is -2.57. The Morgan fingerprint density at radius 3 is 2.61 bits per heavy atom. The number of halogens is 1. The Balaban J connectivity index is 1.54. The van der Waals surface area contributed by atoms with E-state index in [-0.39, 0.29) is 17.2 Å². The summed E-state index contributed by atoms with van der Waals surface area (Å²) >= 11 is 7.72. The molecule has 0 bridgehead atoms. The van der Waals surface area contributed by atoms with Gasteiger partial charge < -0.3 is 5.32 Å². The molecule has 0 unspecified atom stereocenters. The van der Waals surface area contributed by atoms with Crippen LogP contribution in [0.1, 0.15) is 43.9 Å². The number of allylic oxidation sites excluding steroid dienone is 2. The molecule has 7 heteroatoms. The van der Waals surface area contributed by atoms with Crippen molar-refractivity contribution in [1.82, 2.24) is 14.8 Å². The minimum Gasteiger partial charge on any atom is -0.328 e. The summed E-state index contributed by atoms with van der Waals surface area (Å²) in [4.78, 5) is 18.0. The maximum Gasteiger partial charge on any atom is 0.227 e. The topological polar surface area (TPSA) is 59.8 Å². The number of carbonyl (C=O) groups excluding carboxylic acids is 1. The van der Waals surface area contributed by atoms with Crippen LogP contribution in [0.4, 0.5) is 5.95 Å². The lowest BCUT2D eigenvalue weighted by atomic mass is 9.73. The van der Waals surface area contributed by atoms with Gasteiger partial charge in [0.1, 0.15) is 6.04 Å². The van der Waals surface area contributed by atoms with E-state index in [0.29, 0.717) is 22.5 Å². The van der Waals surface area contributed by atoms with Crippen LogP contribution in [0.15, 0.2) is 71.0 Å². The first-order chi connectivity index (χ1) is 14.9. The second kappa shape index (κ2) is 7.84. The van der Waals surface area contributed by atoms with Crippen molar-refractivity contribution in [2.75, 3.05) is 5.32 Å². The molecule has 1 N–H and O–H groups in total. The summed E-state index contributed by atoms with van der Waals surface area (Å²) in [6.45, 7) is 4.27. The minimum atomic E-state index is -0.300. The van der Waals surface area contributed by atoms with Gasteiger partial charge in [0.2, 0.25) is 11.1 Å². The maximum absolute atomic E-state index is 13.2. The van der Waals surface area contributed by atoms with Gasteiger partial charge in [-0.05, 0) is 35.1 Å². The lowest BCUT2D eigenvalue weighted by Gasteiger charge is -2.38. The van der Waals surface area contributed by atoms with E-state index in [0.717, 1.165) is 29.0 Å². The van der Waals surface area contributed by atoms with Crippen LogP contribution < -0.4 is 5.32 Å². The van der Waals surface area contributed by atoms with Crippen LogP contribution in [0.25, 0.3) is 0 Å². The summed E-state index contributed by atoms with van der Waals surface area (Å²) in [5.41, 5.74) is 3.87. The van der Waals surface area contributed by atoms with Crippen molar-refractivity contribution in [3.05, 3.63) is 82.0 Å². The fourth-order valence-corrected chi connectivity index (χ4v) is 5.24. The second-order valence-electron chi connectivity index (χ2n) is 8.85. The standard InChI is InChI=1S/C24H23ClN4OS/c1-24(2)12-18-20(19(30)13-24)21(16-8-10-17(25)11-9-16)29-22(26-18)27-23(28-29)31-14-15-6-4-3-5-7-15/h3-11,21H,12-14H2,1-2H3,(H,26,27,28)/t21-/m1/s1. The Labute approximate surface area is 190 Å². The van der Waals surface area contributed by atoms with Crippen LogP contribution in [0, 0.1) is 5.41 Å². The summed E-state index contributed by atoms with van der Waals surface area (Å²) in [7, 11) is 0. The molecule has 5 rings (SSSR count). The number of nitrogens with zero attached hydrogens (tertiary/aromatic N) is 3. The largest absolute Gasteiger partial charge is 0.328 e. The summed E-state index contributed by atoms with van der Waals surface area (Å²) in [6, 6.07) is 17.6. The molecule has 0 amide bonds. The fraction of sp³-hybridized carbons (Fsp3) is 0.292. The number of ketones is 1. The molecule has 1 aliphatic heterocycles. The lowest BCUT2D eigenvalue weighted by Crippen LogP contribution is -2.36. The smallest absolute Gasteiger partial charge is 0.227 e. The average Bonchev–Trinajstić information content (AvgIpc) is 3.14. The molecule has 31 heavy (non-hydrogen) atoms. The van der Waals surface area contributed by atoms with Crippen molar-refractivity contribution in [2.45, 2.75) is 43.6 Å². The zero-order valence-electron chi connectivity index (χ0n) is 17.4. The molecular weight excluding hydrogens is 428 g/mol. The summed E-state index contributed by atoms with van der Waals surface area (Å²) < 4.78 is 1.85. The molecule has 1 aliphatic carbocycles. The molecule has 2 aliphatic rings. The molecule has 1 atom stereocenters. The van der Waals surface area contributed by atoms with E-state index in [4.69, 9.17) is 21.7 Å². The summed E-state index contributed by atoms with van der Waals surface area (Å²) in [6.07, 6.45) is 1.33. The minimum absolute atomic E-state index is 0.0828. The quantitative estimate of drug-likeness (QED) is 0.503. The lowest BCUT2D eigenvalue weighted by molar-refractivity contribution is -0.118. The van der Waals surface area contributed by atoms with E-state index in [1.807, 2.05) is 47.1 Å². The average molecular weight is 451 g/mol. The Morgan fingerprint density at radius 1 is 1.13 bits per heavy atom. The van der Waals surface area contributed by atoms with Crippen LogP contribution in [0.2, 0.25) is 5.02 Å². The van der Waals surface area contributed by atoms with E-state index in [1.54, 1.807) is 11.8 Å². The number of nitrogens with one attached hydrogen (secondary N) is 1. The van der Waals surface area contributed by atoms with Crippen LogP contribution in [-0.2, 0) is 10.5 Å². The Morgan fingerprint density at radius 2 is 1.87 bits per heavy atom. The highest BCUT2D eigenvalue weighted by Gasteiger charge is 2.41. The molecule has 0 spiro atoms. The number of aromatic nitrogens is 3. The molecule has 3 aromatic rings. The van der Waals surface area contributed by atoms with Crippen molar-refractivity contribution in [3.63, 3.8) is 0 Å². The first-order valence-electron chi connectivity index (χ1n) is 10.3. The molecular formula is C24H23ClN4OS. The number of anilines is 1. The van der Waals surface area contributed by atoms with Gasteiger partial charge in [-0.2, -0.15) is 4.98 Å². The number of benzene rings is 2. The predicted molar refractivity (Wildman–Crippen MR) is 124 cm³/mol.